The molecule has 3 aliphatic rings. The molecular weight excluding hydrogens is 444 g/mol. The Balaban J connectivity index is 1.18. The zero-order valence-corrected chi connectivity index (χ0v) is 19.3. The van der Waals surface area contributed by atoms with Crippen LogP contribution in [0.25, 0.3) is 11.2 Å². The monoisotopic (exact) mass is 468 g/mol. The van der Waals surface area contributed by atoms with Crippen LogP contribution in [-0.4, -0.2) is 52.3 Å². The Labute approximate surface area is 196 Å². The van der Waals surface area contributed by atoms with Gasteiger partial charge in [-0.05, 0) is 55.7 Å². The highest BCUT2D eigenvalue weighted by molar-refractivity contribution is 7.99. The number of fused-ring (bicyclic) bond motifs is 1. The van der Waals surface area contributed by atoms with Gasteiger partial charge >= 0.3 is 0 Å². The summed E-state index contributed by atoms with van der Waals surface area (Å²) >= 11 is 8.11. The van der Waals surface area contributed by atoms with Crippen LogP contribution >= 0.6 is 23.4 Å². The second-order valence-corrected chi connectivity index (χ2v) is 10.4. The van der Waals surface area contributed by atoms with Crippen LogP contribution in [0.3, 0.4) is 0 Å². The third-order valence-corrected chi connectivity index (χ3v) is 8.18. The minimum atomic E-state index is 0.386. The largest absolute Gasteiger partial charge is 0.381 e. The number of rotatable bonds is 5. The predicted octanol–water partition coefficient (Wildman–Crippen LogP) is 4.81. The van der Waals surface area contributed by atoms with Gasteiger partial charge in [0.15, 0.2) is 5.65 Å². The van der Waals surface area contributed by atoms with Crippen molar-refractivity contribution in [2.24, 2.45) is 5.41 Å². The molecule has 2 saturated heterocycles. The first-order valence-electron chi connectivity index (χ1n) is 11.2. The Morgan fingerprint density at radius 2 is 1.97 bits per heavy atom. The van der Waals surface area contributed by atoms with Gasteiger partial charge < -0.3 is 15.0 Å². The highest BCUT2D eigenvalue weighted by atomic mass is 35.5. The van der Waals surface area contributed by atoms with Crippen LogP contribution < -0.4 is 10.2 Å². The number of ether oxygens (including phenoxy) is 1. The van der Waals surface area contributed by atoms with Gasteiger partial charge in [0.2, 0.25) is 0 Å². The van der Waals surface area contributed by atoms with Crippen molar-refractivity contribution in [1.82, 2.24) is 19.9 Å². The molecule has 32 heavy (non-hydrogen) atoms. The fraction of sp³-hybridized carbons (Fsp3) is 0.478. The van der Waals surface area contributed by atoms with Crippen LogP contribution in [0.1, 0.15) is 32.1 Å². The summed E-state index contributed by atoms with van der Waals surface area (Å²) in [6.45, 7) is 3.82. The summed E-state index contributed by atoms with van der Waals surface area (Å²) in [7, 11) is 0. The number of nitrogens with one attached hydrogen (secondary N) is 1. The summed E-state index contributed by atoms with van der Waals surface area (Å²) in [4.78, 5) is 21.8. The normalized spacial score (nSPS) is 20.2. The average Bonchev–Trinajstić information content (AvgIpc) is 3.53. The number of aromatic nitrogens is 4. The second kappa shape index (κ2) is 8.32. The van der Waals surface area contributed by atoms with Crippen LogP contribution in [-0.2, 0) is 4.74 Å². The van der Waals surface area contributed by atoms with E-state index in [1.807, 2.05) is 24.4 Å². The van der Waals surface area contributed by atoms with Gasteiger partial charge in [-0.3, -0.25) is 0 Å². The molecule has 1 spiro atoms. The molecule has 1 N–H and O–H groups in total. The van der Waals surface area contributed by atoms with Gasteiger partial charge in [-0.25, -0.2) is 19.9 Å². The quantitative estimate of drug-likeness (QED) is 0.572. The smallest absolute Gasteiger partial charge is 0.179 e. The van der Waals surface area contributed by atoms with Crippen LogP contribution in [0.5, 0.6) is 0 Å². The van der Waals surface area contributed by atoms with Gasteiger partial charge in [-0.1, -0.05) is 23.4 Å². The Bertz CT molecular complexity index is 1140. The summed E-state index contributed by atoms with van der Waals surface area (Å²) in [5.74, 6) is 1.68. The predicted molar refractivity (Wildman–Crippen MR) is 127 cm³/mol. The highest BCUT2D eigenvalue weighted by Gasteiger charge is 2.38. The van der Waals surface area contributed by atoms with E-state index < -0.39 is 0 Å². The SMILES string of the molecule is Clc1c(Sc2ccc3nc(N4CCC5(CCOC5)CC4)cnc3n2)ccnc1NC1CC1. The van der Waals surface area contributed by atoms with E-state index in [0.29, 0.717) is 22.1 Å². The van der Waals surface area contributed by atoms with Crippen molar-refractivity contribution in [2.75, 3.05) is 36.5 Å². The van der Waals surface area contributed by atoms with Crippen molar-refractivity contribution in [2.45, 2.75) is 48.1 Å². The standard InChI is InChI=1S/C23H25ClN6OS/c24-20-17(5-9-25-22(20)27-15-1-2-15)32-19-4-3-16-21(29-19)26-13-18(28-16)30-10-6-23(7-11-30)8-12-31-14-23/h3-5,9,13,15H,1-2,6-8,10-12,14H2,(H,25,27). The van der Waals surface area contributed by atoms with Gasteiger partial charge in [0.1, 0.15) is 22.2 Å². The Hall–Kier alpha value is -2.16. The summed E-state index contributed by atoms with van der Waals surface area (Å²) in [5, 5.41) is 4.86. The molecular formula is C23H25ClN6OS. The second-order valence-electron chi connectivity index (χ2n) is 9.00. The molecule has 0 atom stereocenters. The molecule has 5 heterocycles. The molecule has 0 bridgehead atoms. The molecule has 0 amide bonds. The van der Waals surface area contributed by atoms with Crippen molar-refractivity contribution >= 4 is 46.2 Å². The number of nitrogens with zero attached hydrogens (tertiary/aromatic N) is 5. The number of pyridine rings is 2. The molecule has 0 aromatic carbocycles. The molecule has 6 rings (SSSR count). The summed E-state index contributed by atoms with van der Waals surface area (Å²) in [6.07, 6.45) is 9.49. The van der Waals surface area contributed by atoms with Gasteiger partial charge in [0.25, 0.3) is 0 Å². The first kappa shape index (κ1) is 20.4. The number of hydrogen-bond donors (Lipinski definition) is 1. The van der Waals surface area contributed by atoms with E-state index in [9.17, 15) is 0 Å². The molecule has 0 unspecified atom stereocenters. The lowest BCUT2D eigenvalue weighted by Gasteiger charge is -2.38. The van der Waals surface area contributed by atoms with E-state index in [-0.39, 0.29) is 0 Å². The van der Waals surface area contributed by atoms with Crippen LogP contribution in [0.4, 0.5) is 11.6 Å². The molecule has 9 heteroatoms. The lowest BCUT2D eigenvalue weighted by Crippen LogP contribution is -2.40. The number of anilines is 2. The maximum absolute atomic E-state index is 6.59. The first-order valence-corrected chi connectivity index (χ1v) is 12.4. The Morgan fingerprint density at radius 3 is 2.75 bits per heavy atom. The molecule has 2 aliphatic heterocycles. The molecule has 0 radical (unpaired) electrons. The zero-order valence-electron chi connectivity index (χ0n) is 17.8. The zero-order chi connectivity index (χ0) is 21.5. The molecule has 166 valence electrons. The molecule has 1 saturated carbocycles. The molecule has 1 aliphatic carbocycles. The number of hydrogen-bond acceptors (Lipinski definition) is 8. The highest BCUT2D eigenvalue weighted by Crippen LogP contribution is 2.40. The van der Waals surface area contributed by atoms with Crippen LogP contribution in [0, 0.1) is 5.41 Å². The third kappa shape index (κ3) is 4.11. The molecule has 7 nitrogen and oxygen atoms in total. The van der Waals surface area contributed by atoms with Gasteiger partial charge in [0.05, 0.1) is 17.8 Å². The summed E-state index contributed by atoms with van der Waals surface area (Å²) < 4.78 is 5.65. The average molecular weight is 469 g/mol. The molecule has 3 aromatic heterocycles. The van der Waals surface area contributed by atoms with Crippen molar-refractivity contribution < 1.29 is 4.74 Å². The lowest BCUT2D eigenvalue weighted by atomic mass is 9.78. The van der Waals surface area contributed by atoms with E-state index in [0.717, 1.165) is 66.2 Å². The van der Waals surface area contributed by atoms with Crippen molar-refractivity contribution in [3.63, 3.8) is 0 Å². The Kier molecular flexibility index (Phi) is 5.31. The van der Waals surface area contributed by atoms with E-state index in [2.05, 4.69) is 20.2 Å². The third-order valence-electron chi connectivity index (χ3n) is 6.69. The van der Waals surface area contributed by atoms with Gasteiger partial charge in [-0.15, -0.1) is 0 Å². The molecule has 3 aromatic rings. The fourth-order valence-corrected chi connectivity index (χ4v) is 5.57. The van der Waals surface area contributed by atoms with Crippen LogP contribution in [0.2, 0.25) is 5.02 Å². The number of halogens is 1. The summed E-state index contributed by atoms with van der Waals surface area (Å²) in [5.41, 5.74) is 1.85. The number of piperidine rings is 1. The van der Waals surface area contributed by atoms with Gasteiger partial charge in [-0.2, -0.15) is 0 Å². The summed E-state index contributed by atoms with van der Waals surface area (Å²) in [6, 6.07) is 6.40. The van der Waals surface area contributed by atoms with Gasteiger partial charge in [0, 0.05) is 36.8 Å². The van der Waals surface area contributed by atoms with E-state index in [4.69, 9.17) is 26.3 Å². The van der Waals surface area contributed by atoms with E-state index >= 15 is 0 Å². The lowest BCUT2D eigenvalue weighted by molar-refractivity contribution is 0.133. The Morgan fingerprint density at radius 1 is 1.09 bits per heavy atom. The topological polar surface area (TPSA) is 76.1 Å². The first-order chi connectivity index (χ1) is 15.7. The van der Waals surface area contributed by atoms with Crippen molar-refractivity contribution in [1.29, 1.82) is 0 Å². The van der Waals surface area contributed by atoms with E-state index in [1.54, 1.807) is 6.20 Å². The minimum absolute atomic E-state index is 0.386. The maximum Gasteiger partial charge on any atom is 0.179 e. The minimum Gasteiger partial charge on any atom is -0.381 e. The van der Waals surface area contributed by atoms with E-state index in [1.165, 1.54) is 31.0 Å². The van der Waals surface area contributed by atoms with Crippen molar-refractivity contribution in [3.8, 4) is 0 Å². The maximum atomic E-state index is 6.59. The van der Waals surface area contributed by atoms with Crippen LogP contribution in [0.15, 0.2) is 40.5 Å². The van der Waals surface area contributed by atoms with Crippen molar-refractivity contribution in [3.05, 3.63) is 35.6 Å². The molecule has 3 fully saturated rings. The fourth-order valence-electron chi connectivity index (χ4n) is 4.48.